The van der Waals surface area contributed by atoms with Gasteiger partial charge in [0.15, 0.2) is 0 Å². The van der Waals surface area contributed by atoms with Gasteiger partial charge in [-0.1, -0.05) is 6.08 Å². The van der Waals surface area contributed by atoms with Gasteiger partial charge in [-0.3, -0.25) is 0 Å². The van der Waals surface area contributed by atoms with E-state index in [0.717, 1.165) is 6.54 Å². The largest absolute Gasteiger partial charge is 0.391 e. The maximum Gasteiger partial charge on any atom is 0.0176 e. The van der Waals surface area contributed by atoms with Crippen LogP contribution >= 0.6 is 0 Å². The molecule has 0 saturated heterocycles. The third-order valence-electron chi connectivity index (χ3n) is 0.691. The predicted molar refractivity (Wildman–Crippen MR) is 44.8 cm³/mol. The first-order valence-corrected chi connectivity index (χ1v) is 1.88. The fraction of sp³-hybridized carbons (Fsp3) is 0.500. The van der Waals surface area contributed by atoms with Gasteiger partial charge in [0.2, 0.25) is 0 Å². The third-order valence-corrected chi connectivity index (χ3v) is 0.691. The van der Waals surface area contributed by atoms with E-state index in [2.05, 4.69) is 11.4 Å². The maximum atomic E-state index is 3.04. The summed E-state index contributed by atoms with van der Waals surface area (Å²) in [6.07, 6.45) is 5.32. The topological polar surface area (TPSA) is 12.0 Å². The number of hydrogen-bond acceptors (Lipinski definition) is 1. The number of rotatable bonds is 0. The average Bonchev–Trinajstić information content (AvgIpc) is 1.76. The Balaban J connectivity index is -0.0000000312. The Hall–Kier alpha value is 3.54. The van der Waals surface area contributed by atoms with Crippen molar-refractivity contribution < 1.29 is 0 Å². The Morgan fingerprint density at radius 2 is 1.56 bits per heavy atom. The van der Waals surface area contributed by atoms with Crippen LogP contribution in [0.4, 0.5) is 0 Å². The molecule has 1 rings (SSSR count). The molecule has 4 radical (unpaired) electrons. The molecule has 1 heterocycles. The zero-order chi connectivity index (χ0) is 3.54. The molecule has 0 spiro atoms. The summed E-state index contributed by atoms with van der Waals surface area (Å²) in [5.41, 5.74) is 0. The molecule has 1 N–H and O–H groups in total. The number of hydrogen-bond donors (Lipinski definition) is 1. The molecule has 0 saturated carbocycles. The zero-order valence-corrected chi connectivity index (χ0v) is 15.1. The third kappa shape index (κ3) is 14.4. The second-order valence-electron chi connectivity index (χ2n) is 1.15. The smallest absolute Gasteiger partial charge is 0.0176 e. The van der Waals surface area contributed by atoms with Crippen LogP contribution in [0.15, 0.2) is 12.3 Å². The average molecular weight is 161 g/mol. The standard InChI is InChI=1S/C4H7N.4Na/c1-2-4-5-3-1;;;;/h1,3,5H,2,4H2;;;;. The van der Waals surface area contributed by atoms with E-state index in [1.54, 1.807) is 0 Å². The monoisotopic (exact) mass is 161 g/mol. The van der Waals surface area contributed by atoms with Crippen LogP contribution < -0.4 is 5.32 Å². The van der Waals surface area contributed by atoms with Gasteiger partial charge in [0.1, 0.15) is 0 Å². The van der Waals surface area contributed by atoms with Crippen LogP contribution in [-0.2, 0) is 0 Å². The van der Waals surface area contributed by atoms with Crippen LogP contribution in [0.1, 0.15) is 6.42 Å². The van der Waals surface area contributed by atoms with Crippen LogP contribution in [0.25, 0.3) is 0 Å². The molecule has 1 aliphatic rings. The molecule has 1 aliphatic heterocycles. The van der Waals surface area contributed by atoms with Crippen molar-refractivity contribution in [2.24, 2.45) is 0 Å². The maximum absolute atomic E-state index is 3.04. The van der Waals surface area contributed by atoms with Crippen molar-refractivity contribution in [3.05, 3.63) is 12.3 Å². The Morgan fingerprint density at radius 1 is 1.00 bits per heavy atom. The van der Waals surface area contributed by atoms with Crippen molar-refractivity contribution in [1.29, 1.82) is 0 Å². The first-order valence-electron chi connectivity index (χ1n) is 1.88. The molecule has 0 aromatic heterocycles. The van der Waals surface area contributed by atoms with Crippen LogP contribution in [0.2, 0.25) is 0 Å². The summed E-state index contributed by atoms with van der Waals surface area (Å²) in [5, 5.41) is 3.04. The predicted octanol–water partition coefficient (Wildman–Crippen LogP) is -1.03. The molecule has 5 heteroatoms. The van der Waals surface area contributed by atoms with E-state index in [0.29, 0.717) is 0 Å². The molecule has 0 amide bonds. The Kier molecular flexibility index (Phi) is 44.7. The summed E-state index contributed by atoms with van der Waals surface area (Å²) >= 11 is 0. The van der Waals surface area contributed by atoms with Gasteiger partial charge >= 0.3 is 0 Å². The SMILES string of the molecule is C1=CNCC1.[Na].[Na].[Na].[Na]. The van der Waals surface area contributed by atoms with Crippen molar-refractivity contribution >= 4 is 118 Å². The number of nitrogens with one attached hydrogen (secondary N) is 1. The van der Waals surface area contributed by atoms with Gasteiger partial charge < -0.3 is 5.32 Å². The first kappa shape index (κ1) is 22.9. The van der Waals surface area contributed by atoms with Crippen LogP contribution in [-0.4, -0.2) is 125 Å². The molecule has 0 aromatic carbocycles. The molecular weight excluding hydrogens is 154 g/mol. The molecule has 0 unspecified atom stereocenters. The Morgan fingerprint density at radius 3 is 1.67 bits per heavy atom. The quantitative estimate of drug-likeness (QED) is 0.448. The van der Waals surface area contributed by atoms with E-state index in [9.17, 15) is 0 Å². The molecular formula is C4H7NNa4. The van der Waals surface area contributed by atoms with E-state index in [4.69, 9.17) is 0 Å². The van der Waals surface area contributed by atoms with Gasteiger partial charge in [-0.2, -0.15) is 0 Å². The molecule has 0 aliphatic carbocycles. The van der Waals surface area contributed by atoms with Crippen LogP contribution in [0.5, 0.6) is 0 Å². The first-order chi connectivity index (χ1) is 2.50. The summed E-state index contributed by atoms with van der Waals surface area (Å²) in [5.74, 6) is 0. The molecule has 9 heavy (non-hydrogen) atoms. The molecule has 1 nitrogen and oxygen atoms in total. The van der Waals surface area contributed by atoms with Crippen molar-refractivity contribution in [3.63, 3.8) is 0 Å². The van der Waals surface area contributed by atoms with Gasteiger partial charge in [-0.15, -0.1) is 0 Å². The summed E-state index contributed by atoms with van der Waals surface area (Å²) in [7, 11) is 0. The minimum absolute atomic E-state index is 0. The second-order valence-corrected chi connectivity index (χ2v) is 1.15. The van der Waals surface area contributed by atoms with Crippen LogP contribution in [0.3, 0.4) is 0 Å². The van der Waals surface area contributed by atoms with E-state index in [1.165, 1.54) is 6.42 Å². The van der Waals surface area contributed by atoms with E-state index in [-0.39, 0.29) is 118 Å². The van der Waals surface area contributed by atoms with E-state index < -0.39 is 0 Å². The molecule has 0 fully saturated rings. The fourth-order valence-corrected chi connectivity index (χ4v) is 0.417. The molecule has 0 atom stereocenters. The van der Waals surface area contributed by atoms with E-state index in [1.807, 2.05) is 6.20 Å². The van der Waals surface area contributed by atoms with Gasteiger partial charge in [-0.05, 0) is 12.6 Å². The molecule has 0 bridgehead atoms. The second kappa shape index (κ2) is 17.6. The summed E-state index contributed by atoms with van der Waals surface area (Å²) in [6.45, 7) is 1.14. The van der Waals surface area contributed by atoms with Crippen molar-refractivity contribution in [2.75, 3.05) is 6.54 Å². The summed E-state index contributed by atoms with van der Waals surface area (Å²) < 4.78 is 0. The molecule has 0 aromatic rings. The van der Waals surface area contributed by atoms with Crippen molar-refractivity contribution in [3.8, 4) is 0 Å². The normalized spacial score (nSPS) is 10.7. The van der Waals surface area contributed by atoms with Gasteiger partial charge in [-0.25, -0.2) is 0 Å². The fourth-order valence-electron chi connectivity index (χ4n) is 0.417. The van der Waals surface area contributed by atoms with Gasteiger partial charge in [0, 0.05) is 125 Å². The van der Waals surface area contributed by atoms with Gasteiger partial charge in [0.05, 0.1) is 0 Å². The summed E-state index contributed by atoms with van der Waals surface area (Å²) in [4.78, 5) is 0. The van der Waals surface area contributed by atoms with Crippen molar-refractivity contribution in [2.45, 2.75) is 6.42 Å². The van der Waals surface area contributed by atoms with Crippen LogP contribution in [0, 0.1) is 0 Å². The minimum Gasteiger partial charge on any atom is -0.391 e. The summed E-state index contributed by atoms with van der Waals surface area (Å²) in [6, 6.07) is 0. The zero-order valence-electron chi connectivity index (χ0n) is 7.07. The minimum atomic E-state index is 0. The molecule has 32 valence electrons. The Labute approximate surface area is 145 Å². The van der Waals surface area contributed by atoms with Gasteiger partial charge in [0.25, 0.3) is 0 Å². The Bertz CT molecular complexity index is 50.5. The van der Waals surface area contributed by atoms with Crippen molar-refractivity contribution in [1.82, 2.24) is 5.32 Å². The van der Waals surface area contributed by atoms with E-state index >= 15 is 0 Å².